The van der Waals surface area contributed by atoms with Gasteiger partial charge in [-0.15, -0.1) is 0 Å². The van der Waals surface area contributed by atoms with Crippen molar-refractivity contribution in [3.05, 3.63) is 35.4 Å². The molecule has 1 N–H and O–H groups in total. The highest BCUT2D eigenvalue weighted by Gasteiger charge is 2.29. The van der Waals surface area contributed by atoms with Gasteiger partial charge in [0, 0.05) is 6.61 Å². The summed E-state index contributed by atoms with van der Waals surface area (Å²) in [6.45, 7) is 9.09. The number of ether oxygens (including phenoxy) is 1. The lowest BCUT2D eigenvalue weighted by Gasteiger charge is -2.31. The molecule has 0 saturated heterocycles. The Morgan fingerprint density at radius 1 is 1.33 bits per heavy atom. The highest BCUT2D eigenvalue weighted by Crippen LogP contribution is 2.22. The number of aryl methyl sites for hydroxylation is 1. The largest absolute Gasteiger partial charge is 0.379 e. The van der Waals surface area contributed by atoms with E-state index in [2.05, 4.69) is 5.32 Å². The van der Waals surface area contributed by atoms with Crippen molar-refractivity contribution in [3.63, 3.8) is 0 Å². The van der Waals surface area contributed by atoms with Crippen LogP contribution in [0.15, 0.2) is 24.3 Å². The predicted molar refractivity (Wildman–Crippen MR) is 86.3 cm³/mol. The molecule has 4 heteroatoms. The van der Waals surface area contributed by atoms with Crippen LogP contribution in [-0.4, -0.2) is 43.7 Å². The molecule has 0 heterocycles. The average molecular weight is 292 g/mol. The monoisotopic (exact) mass is 292 g/mol. The summed E-state index contributed by atoms with van der Waals surface area (Å²) in [6.07, 6.45) is 0. The molecule has 4 nitrogen and oxygen atoms in total. The van der Waals surface area contributed by atoms with Crippen molar-refractivity contribution in [1.82, 2.24) is 10.2 Å². The van der Waals surface area contributed by atoms with E-state index < -0.39 is 0 Å². The fraction of sp³-hybridized carbons (Fsp3) is 0.588. The minimum Gasteiger partial charge on any atom is -0.379 e. The van der Waals surface area contributed by atoms with E-state index in [4.69, 9.17) is 4.74 Å². The Kier molecular flexibility index (Phi) is 6.37. The van der Waals surface area contributed by atoms with Crippen LogP contribution in [0.25, 0.3) is 0 Å². The summed E-state index contributed by atoms with van der Waals surface area (Å²) < 4.78 is 5.44. The zero-order valence-corrected chi connectivity index (χ0v) is 14.1. The fourth-order valence-corrected chi connectivity index (χ4v) is 2.34. The van der Waals surface area contributed by atoms with Crippen LogP contribution in [0.5, 0.6) is 0 Å². The number of amides is 1. The zero-order chi connectivity index (χ0) is 16.0. The van der Waals surface area contributed by atoms with Gasteiger partial charge in [-0.25, -0.2) is 0 Å². The molecule has 0 bridgehead atoms. The Bertz CT molecular complexity index is 470. The second-order valence-corrected chi connectivity index (χ2v) is 6.23. The predicted octanol–water partition coefficient (Wildman–Crippen LogP) is 2.53. The first-order valence-corrected chi connectivity index (χ1v) is 7.40. The first-order valence-electron chi connectivity index (χ1n) is 7.40. The molecule has 0 aliphatic heterocycles. The van der Waals surface area contributed by atoms with Gasteiger partial charge in [0.1, 0.15) is 6.04 Å². The molecule has 1 amide bonds. The summed E-state index contributed by atoms with van der Waals surface area (Å²) in [6, 6.07) is 7.70. The number of rotatable bonds is 7. The van der Waals surface area contributed by atoms with Crippen molar-refractivity contribution in [2.75, 3.05) is 27.3 Å². The van der Waals surface area contributed by atoms with Crippen LogP contribution in [0.3, 0.4) is 0 Å². The van der Waals surface area contributed by atoms with Crippen LogP contribution in [0.2, 0.25) is 0 Å². The Hall–Kier alpha value is -1.39. The Balaban J connectivity index is 2.92. The van der Waals surface area contributed by atoms with Crippen molar-refractivity contribution in [2.45, 2.75) is 39.3 Å². The van der Waals surface area contributed by atoms with Gasteiger partial charge >= 0.3 is 0 Å². The lowest BCUT2D eigenvalue weighted by Crippen LogP contribution is -2.50. The molecule has 0 fully saturated rings. The maximum Gasteiger partial charge on any atom is 0.242 e. The van der Waals surface area contributed by atoms with Gasteiger partial charge in [-0.3, -0.25) is 9.69 Å². The van der Waals surface area contributed by atoms with Crippen LogP contribution in [-0.2, 0) is 9.53 Å². The molecule has 0 aliphatic carbocycles. The molecule has 0 saturated carbocycles. The van der Waals surface area contributed by atoms with Crippen molar-refractivity contribution in [3.8, 4) is 0 Å². The number of carbonyl (C=O) groups is 1. The van der Waals surface area contributed by atoms with Crippen LogP contribution in [0, 0.1) is 6.92 Å². The Labute approximate surface area is 128 Å². The second-order valence-electron chi connectivity index (χ2n) is 6.23. The van der Waals surface area contributed by atoms with Gasteiger partial charge in [-0.05, 0) is 52.9 Å². The van der Waals surface area contributed by atoms with Crippen LogP contribution in [0.4, 0.5) is 0 Å². The van der Waals surface area contributed by atoms with E-state index in [0.29, 0.717) is 13.2 Å². The normalized spacial score (nSPS) is 13.3. The van der Waals surface area contributed by atoms with Gasteiger partial charge in [0.15, 0.2) is 0 Å². The van der Waals surface area contributed by atoms with Crippen molar-refractivity contribution in [1.29, 1.82) is 0 Å². The number of nitrogens with one attached hydrogen (secondary N) is 1. The summed E-state index contributed by atoms with van der Waals surface area (Å²) in [5, 5.41) is 3.09. The van der Waals surface area contributed by atoms with Gasteiger partial charge in [0.2, 0.25) is 5.91 Å². The lowest BCUT2D eigenvalue weighted by molar-refractivity contribution is -0.128. The number of hydrogen-bond donors (Lipinski definition) is 1. The lowest BCUT2D eigenvalue weighted by atomic mass is 9.98. The first kappa shape index (κ1) is 17.7. The summed E-state index contributed by atoms with van der Waals surface area (Å²) in [5.74, 6) is -0.000923. The molecule has 1 aromatic carbocycles. The maximum absolute atomic E-state index is 12.7. The molecule has 0 radical (unpaired) electrons. The minimum atomic E-state index is -0.385. The van der Waals surface area contributed by atoms with Crippen LogP contribution >= 0.6 is 0 Å². The zero-order valence-electron chi connectivity index (χ0n) is 14.1. The molecular weight excluding hydrogens is 264 g/mol. The standard InChI is InChI=1S/C17H28N2O2/c1-7-21-12-17(3,4)18-16(20)15(19(5)6)14-11-9-8-10-13(14)2/h8-11,15H,7,12H2,1-6H3,(H,18,20)/t15-/m0/s1. The maximum atomic E-state index is 12.7. The van der Waals surface area contributed by atoms with Gasteiger partial charge in [-0.2, -0.15) is 0 Å². The van der Waals surface area contributed by atoms with E-state index in [0.717, 1.165) is 11.1 Å². The molecule has 118 valence electrons. The Morgan fingerprint density at radius 3 is 2.48 bits per heavy atom. The number of carbonyl (C=O) groups excluding carboxylic acids is 1. The van der Waals surface area contributed by atoms with E-state index in [9.17, 15) is 4.79 Å². The van der Waals surface area contributed by atoms with Crippen molar-refractivity contribution < 1.29 is 9.53 Å². The van der Waals surface area contributed by atoms with Gasteiger partial charge in [0.05, 0.1) is 12.1 Å². The van der Waals surface area contributed by atoms with Crippen LogP contribution in [0.1, 0.15) is 37.9 Å². The van der Waals surface area contributed by atoms with Gasteiger partial charge in [0.25, 0.3) is 0 Å². The van der Waals surface area contributed by atoms with E-state index in [-0.39, 0.29) is 17.5 Å². The summed E-state index contributed by atoms with van der Waals surface area (Å²) in [7, 11) is 3.85. The summed E-state index contributed by atoms with van der Waals surface area (Å²) in [5.41, 5.74) is 1.77. The SMILES string of the molecule is CCOCC(C)(C)NC(=O)[C@H](c1ccccc1C)N(C)C. The second kappa shape index (κ2) is 7.57. The average Bonchev–Trinajstić information content (AvgIpc) is 2.38. The number of benzene rings is 1. The minimum absolute atomic E-state index is 0.000923. The number of nitrogens with zero attached hydrogens (tertiary/aromatic N) is 1. The fourth-order valence-electron chi connectivity index (χ4n) is 2.34. The third-order valence-electron chi connectivity index (χ3n) is 3.38. The molecule has 0 aliphatic rings. The van der Waals surface area contributed by atoms with Crippen molar-refractivity contribution >= 4 is 5.91 Å². The molecular formula is C17H28N2O2. The topological polar surface area (TPSA) is 41.6 Å². The van der Waals surface area contributed by atoms with Gasteiger partial charge < -0.3 is 10.1 Å². The highest BCUT2D eigenvalue weighted by molar-refractivity contribution is 5.84. The van der Waals surface area contributed by atoms with Crippen molar-refractivity contribution in [2.24, 2.45) is 0 Å². The molecule has 1 rings (SSSR count). The quantitative estimate of drug-likeness (QED) is 0.839. The molecule has 0 unspecified atom stereocenters. The van der Waals surface area contributed by atoms with E-state index in [1.807, 2.05) is 71.0 Å². The third-order valence-corrected chi connectivity index (χ3v) is 3.38. The molecule has 1 aromatic rings. The molecule has 0 aromatic heterocycles. The number of hydrogen-bond acceptors (Lipinski definition) is 3. The molecule has 0 spiro atoms. The van der Waals surface area contributed by atoms with E-state index >= 15 is 0 Å². The van der Waals surface area contributed by atoms with E-state index in [1.54, 1.807) is 0 Å². The highest BCUT2D eigenvalue weighted by atomic mass is 16.5. The van der Waals surface area contributed by atoms with Gasteiger partial charge in [-0.1, -0.05) is 24.3 Å². The Morgan fingerprint density at radius 2 is 1.95 bits per heavy atom. The smallest absolute Gasteiger partial charge is 0.242 e. The molecule has 1 atom stereocenters. The molecule has 21 heavy (non-hydrogen) atoms. The summed E-state index contributed by atoms with van der Waals surface area (Å²) >= 11 is 0. The first-order chi connectivity index (χ1) is 9.78. The van der Waals surface area contributed by atoms with Crippen LogP contribution < -0.4 is 5.32 Å². The van der Waals surface area contributed by atoms with E-state index in [1.165, 1.54) is 0 Å². The summed E-state index contributed by atoms with van der Waals surface area (Å²) in [4.78, 5) is 14.6. The third kappa shape index (κ3) is 5.14. The number of likely N-dealkylation sites (N-methyl/N-ethyl adjacent to an activating group) is 1.